The van der Waals surface area contributed by atoms with Crippen LogP contribution in [0.5, 0.6) is 0 Å². The maximum absolute atomic E-state index is 2.50. The molecule has 2 nitrogen and oxygen atoms in total. The number of anilines is 3. The number of fused-ring (bicyclic) bond motifs is 6. The molecular formula is C60H40N2S. The summed E-state index contributed by atoms with van der Waals surface area (Å²) in [7, 11) is 0. The summed E-state index contributed by atoms with van der Waals surface area (Å²) >= 11 is 1.88. The topological polar surface area (TPSA) is 8.17 Å². The van der Waals surface area contributed by atoms with Crippen LogP contribution in [0.1, 0.15) is 0 Å². The Labute approximate surface area is 370 Å². The highest BCUT2D eigenvalue weighted by atomic mass is 32.1. The number of benzene rings is 10. The minimum atomic E-state index is 1.08. The standard InChI is InChI=1S/C60H40N2S/c1-3-20-41(21-4-1)44-24-7-8-25-45(44)46-26-9-10-27-47(46)48-28-11-15-34-55(48)62(43-38-39-51-49-29-12-16-35-56(49)61(58(51)40-43)42-22-5-2-6-23-42)57-36-17-13-30-50(57)53-32-19-33-54-52-31-14-18-37-59(52)63-60(53)54/h1-40H. The van der Waals surface area contributed by atoms with Crippen molar-refractivity contribution >= 4 is 70.4 Å². The summed E-state index contributed by atoms with van der Waals surface area (Å²) in [6.45, 7) is 0. The molecule has 0 spiro atoms. The van der Waals surface area contributed by atoms with Gasteiger partial charge in [0.15, 0.2) is 0 Å². The molecule has 0 atom stereocenters. The van der Waals surface area contributed by atoms with E-state index in [0.717, 1.165) is 33.8 Å². The van der Waals surface area contributed by atoms with Crippen LogP contribution in [-0.4, -0.2) is 4.57 Å². The number of hydrogen-bond donors (Lipinski definition) is 0. The van der Waals surface area contributed by atoms with Crippen molar-refractivity contribution in [2.75, 3.05) is 4.90 Å². The second kappa shape index (κ2) is 15.5. The quantitative estimate of drug-likeness (QED) is 0.148. The minimum absolute atomic E-state index is 1.08. The van der Waals surface area contributed by atoms with Crippen LogP contribution in [0, 0.1) is 0 Å². The van der Waals surface area contributed by atoms with Gasteiger partial charge in [-0.25, -0.2) is 0 Å². The van der Waals surface area contributed by atoms with E-state index in [4.69, 9.17) is 0 Å². The van der Waals surface area contributed by atoms with Gasteiger partial charge < -0.3 is 9.47 Å². The van der Waals surface area contributed by atoms with Crippen LogP contribution in [0.25, 0.3) is 92.2 Å². The molecule has 2 aromatic heterocycles. The van der Waals surface area contributed by atoms with Crippen LogP contribution in [0.2, 0.25) is 0 Å². The first-order valence-corrected chi connectivity index (χ1v) is 22.3. The predicted octanol–water partition coefficient (Wildman–Crippen LogP) is 17.3. The third-order valence-corrected chi connectivity index (χ3v) is 13.7. The van der Waals surface area contributed by atoms with Crippen molar-refractivity contribution in [2.24, 2.45) is 0 Å². The van der Waals surface area contributed by atoms with Gasteiger partial charge in [0.1, 0.15) is 0 Å². The van der Waals surface area contributed by atoms with Gasteiger partial charge in [-0.05, 0) is 76.3 Å². The van der Waals surface area contributed by atoms with Gasteiger partial charge in [-0.15, -0.1) is 11.3 Å². The summed E-state index contributed by atoms with van der Waals surface area (Å²) in [5, 5.41) is 5.04. The largest absolute Gasteiger partial charge is 0.309 e. The van der Waals surface area contributed by atoms with E-state index in [2.05, 4.69) is 252 Å². The molecule has 0 aliphatic heterocycles. The Balaban J connectivity index is 1.14. The van der Waals surface area contributed by atoms with Gasteiger partial charge in [0.05, 0.1) is 22.4 Å². The van der Waals surface area contributed by atoms with Crippen LogP contribution < -0.4 is 4.90 Å². The zero-order valence-electron chi connectivity index (χ0n) is 34.4. The van der Waals surface area contributed by atoms with E-state index in [1.165, 1.54) is 75.4 Å². The molecule has 0 aliphatic rings. The number of thiophene rings is 1. The molecule has 0 saturated heterocycles. The fourth-order valence-electron chi connectivity index (χ4n) is 9.65. The lowest BCUT2D eigenvalue weighted by Crippen LogP contribution is -2.13. The van der Waals surface area contributed by atoms with Gasteiger partial charge in [0.25, 0.3) is 0 Å². The normalized spacial score (nSPS) is 11.5. The van der Waals surface area contributed by atoms with E-state index in [1.807, 2.05) is 11.3 Å². The van der Waals surface area contributed by atoms with Crippen LogP contribution in [0.4, 0.5) is 17.1 Å². The molecule has 0 bridgehead atoms. The first-order valence-electron chi connectivity index (χ1n) is 21.5. The zero-order valence-corrected chi connectivity index (χ0v) is 35.2. The summed E-state index contributed by atoms with van der Waals surface area (Å²) in [5.74, 6) is 0. The van der Waals surface area contributed by atoms with E-state index in [-0.39, 0.29) is 0 Å². The minimum Gasteiger partial charge on any atom is -0.309 e. The third-order valence-electron chi connectivity index (χ3n) is 12.4. The van der Waals surface area contributed by atoms with E-state index in [9.17, 15) is 0 Å². The molecule has 0 amide bonds. The van der Waals surface area contributed by atoms with E-state index < -0.39 is 0 Å². The summed E-state index contributed by atoms with van der Waals surface area (Å²) in [6, 6.07) is 88.5. The van der Waals surface area contributed by atoms with Gasteiger partial charge in [0, 0.05) is 59.0 Å². The molecule has 0 radical (unpaired) electrons. The maximum atomic E-state index is 2.50. The number of hydrogen-bond acceptors (Lipinski definition) is 2. The van der Waals surface area contributed by atoms with Gasteiger partial charge in [0.2, 0.25) is 0 Å². The predicted molar refractivity (Wildman–Crippen MR) is 270 cm³/mol. The Bertz CT molecular complexity index is 3640. The smallest absolute Gasteiger partial charge is 0.0561 e. The first kappa shape index (κ1) is 36.8. The molecule has 10 aromatic carbocycles. The lowest BCUT2D eigenvalue weighted by Gasteiger charge is -2.30. The van der Waals surface area contributed by atoms with Crippen molar-refractivity contribution < 1.29 is 0 Å². The van der Waals surface area contributed by atoms with Gasteiger partial charge in [-0.3, -0.25) is 0 Å². The summed E-state index contributed by atoms with van der Waals surface area (Å²) in [4.78, 5) is 2.50. The lowest BCUT2D eigenvalue weighted by molar-refractivity contribution is 1.18. The van der Waals surface area contributed by atoms with Crippen molar-refractivity contribution in [1.82, 2.24) is 4.57 Å². The average Bonchev–Trinajstić information content (AvgIpc) is 3.91. The second-order valence-corrected chi connectivity index (χ2v) is 17.0. The molecule has 296 valence electrons. The molecule has 2 heterocycles. The summed E-state index contributed by atoms with van der Waals surface area (Å²) < 4.78 is 5.01. The van der Waals surface area contributed by atoms with E-state index >= 15 is 0 Å². The maximum Gasteiger partial charge on any atom is 0.0561 e. The van der Waals surface area contributed by atoms with Gasteiger partial charge in [-0.2, -0.15) is 0 Å². The lowest BCUT2D eigenvalue weighted by atomic mass is 9.88. The molecular weight excluding hydrogens is 781 g/mol. The molecule has 3 heteroatoms. The first-order chi connectivity index (χ1) is 31.3. The van der Waals surface area contributed by atoms with E-state index in [0.29, 0.717) is 0 Å². The summed E-state index contributed by atoms with van der Waals surface area (Å²) in [5.41, 5.74) is 16.3. The van der Waals surface area contributed by atoms with Crippen LogP contribution in [-0.2, 0) is 0 Å². The third kappa shape index (κ3) is 6.24. The number of nitrogens with zero attached hydrogens (tertiary/aromatic N) is 2. The Morgan fingerprint density at radius 1 is 0.317 bits per heavy atom. The van der Waals surface area contributed by atoms with Crippen molar-refractivity contribution in [3.8, 4) is 50.2 Å². The Hall–Kier alpha value is -7.98. The Morgan fingerprint density at radius 2 is 0.810 bits per heavy atom. The molecule has 0 N–H and O–H groups in total. The number of para-hydroxylation sites is 4. The van der Waals surface area contributed by atoms with E-state index in [1.54, 1.807) is 0 Å². The Kier molecular flexibility index (Phi) is 9.06. The highest BCUT2D eigenvalue weighted by molar-refractivity contribution is 7.26. The van der Waals surface area contributed by atoms with Crippen LogP contribution in [0.3, 0.4) is 0 Å². The van der Waals surface area contributed by atoms with Crippen molar-refractivity contribution in [3.63, 3.8) is 0 Å². The SMILES string of the molecule is c1ccc(-c2ccccc2-c2ccccc2-c2ccccc2N(c2ccc3c4ccccc4n(-c4ccccc4)c3c2)c2ccccc2-c2cccc3c2sc2ccccc23)cc1. The second-order valence-electron chi connectivity index (χ2n) is 16.0. The molecule has 12 rings (SSSR count). The molecule has 0 fully saturated rings. The summed E-state index contributed by atoms with van der Waals surface area (Å²) in [6.07, 6.45) is 0. The highest BCUT2D eigenvalue weighted by Gasteiger charge is 2.25. The molecule has 0 saturated carbocycles. The van der Waals surface area contributed by atoms with Crippen LogP contribution >= 0.6 is 11.3 Å². The number of rotatable bonds is 8. The zero-order chi connectivity index (χ0) is 41.7. The van der Waals surface area contributed by atoms with Gasteiger partial charge in [-0.1, -0.05) is 194 Å². The van der Waals surface area contributed by atoms with Crippen molar-refractivity contribution in [1.29, 1.82) is 0 Å². The van der Waals surface area contributed by atoms with Crippen molar-refractivity contribution in [3.05, 3.63) is 243 Å². The fourth-order valence-corrected chi connectivity index (χ4v) is 10.9. The highest BCUT2D eigenvalue weighted by Crippen LogP contribution is 2.50. The van der Waals surface area contributed by atoms with Crippen LogP contribution in [0.15, 0.2) is 243 Å². The molecule has 0 aliphatic carbocycles. The molecule has 63 heavy (non-hydrogen) atoms. The monoisotopic (exact) mass is 820 g/mol. The fraction of sp³-hybridized carbons (Fsp3) is 0. The molecule has 0 unspecified atom stereocenters. The average molecular weight is 821 g/mol. The van der Waals surface area contributed by atoms with Crippen molar-refractivity contribution in [2.45, 2.75) is 0 Å². The van der Waals surface area contributed by atoms with Gasteiger partial charge >= 0.3 is 0 Å². The Morgan fingerprint density at radius 3 is 1.54 bits per heavy atom. The number of aromatic nitrogens is 1. The molecule has 12 aromatic rings.